The zero-order chi connectivity index (χ0) is 24.0. The van der Waals surface area contributed by atoms with Gasteiger partial charge in [-0.2, -0.15) is 0 Å². The molecule has 33 heavy (non-hydrogen) atoms. The normalized spacial score (nSPS) is 14.1. The molecule has 0 saturated carbocycles. The van der Waals surface area contributed by atoms with Crippen LogP contribution in [-0.2, 0) is 9.59 Å². The number of benzene rings is 2. The first-order valence-corrected chi connectivity index (χ1v) is 12.5. The number of piperazine rings is 1. The lowest BCUT2D eigenvalue weighted by Gasteiger charge is -2.38. The molecule has 0 atom stereocenters. The summed E-state index contributed by atoms with van der Waals surface area (Å²) >= 11 is 12.6. The lowest BCUT2D eigenvalue weighted by Crippen LogP contribution is -2.51. The fraction of sp³-hybridized carbons (Fsp3) is 0.375. The first-order valence-electron chi connectivity index (χ1n) is 10.8. The van der Waals surface area contributed by atoms with Crippen molar-refractivity contribution < 1.29 is 9.59 Å². The number of carbonyl (C=O) groups is 2. The number of amides is 2. The number of rotatable bonds is 5. The predicted octanol–water partition coefficient (Wildman–Crippen LogP) is 4.64. The Bertz CT molecular complexity index is 983. The first-order chi connectivity index (χ1) is 15.6. The van der Waals surface area contributed by atoms with Crippen LogP contribution in [0.2, 0.25) is 5.02 Å². The lowest BCUT2D eigenvalue weighted by molar-refractivity contribution is -0.139. The van der Waals surface area contributed by atoms with Crippen LogP contribution in [0.4, 0.5) is 11.4 Å². The van der Waals surface area contributed by atoms with Crippen LogP contribution in [0.3, 0.4) is 0 Å². The minimum atomic E-state index is -0.349. The highest BCUT2D eigenvalue weighted by molar-refractivity contribution is 8.00. The van der Waals surface area contributed by atoms with Crippen LogP contribution in [0, 0.1) is 5.41 Å². The summed E-state index contributed by atoms with van der Waals surface area (Å²) < 4.78 is 0. The second kappa shape index (κ2) is 11.2. The van der Waals surface area contributed by atoms with Crippen molar-refractivity contribution in [3.05, 3.63) is 53.6 Å². The number of hydrogen-bond donors (Lipinski definition) is 2. The van der Waals surface area contributed by atoms with E-state index < -0.39 is 0 Å². The molecule has 1 saturated heterocycles. The van der Waals surface area contributed by atoms with Crippen molar-refractivity contribution in [1.29, 1.82) is 0 Å². The van der Waals surface area contributed by atoms with E-state index in [0.29, 0.717) is 5.02 Å². The third-order valence-electron chi connectivity index (χ3n) is 5.14. The van der Waals surface area contributed by atoms with Crippen LogP contribution in [0.5, 0.6) is 0 Å². The smallest absolute Gasteiger partial charge is 0.236 e. The van der Waals surface area contributed by atoms with Gasteiger partial charge in [-0.3, -0.25) is 9.59 Å². The molecule has 2 aromatic carbocycles. The van der Waals surface area contributed by atoms with Gasteiger partial charge in [-0.15, -0.1) is 11.8 Å². The summed E-state index contributed by atoms with van der Waals surface area (Å²) in [7, 11) is 0. The maximum Gasteiger partial charge on any atom is 0.236 e. The van der Waals surface area contributed by atoms with E-state index in [0.717, 1.165) is 42.4 Å². The largest absolute Gasteiger partial charge is 0.368 e. The van der Waals surface area contributed by atoms with Gasteiger partial charge in [-0.25, -0.2) is 0 Å². The van der Waals surface area contributed by atoms with Crippen molar-refractivity contribution in [2.45, 2.75) is 25.7 Å². The second-order valence-electron chi connectivity index (χ2n) is 8.82. The summed E-state index contributed by atoms with van der Waals surface area (Å²) in [6.45, 7) is 8.92. The van der Waals surface area contributed by atoms with Gasteiger partial charge in [0.25, 0.3) is 0 Å². The Hall–Kier alpha value is -2.29. The molecule has 0 spiro atoms. The number of nitrogens with zero attached hydrogens (tertiary/aromatic N) is 2. The van der Waals surface area contributed by atoms with Crippen molar-refractivity contribution in [1.82, 2.24) is 10.2 Å². The van der Waals surface area contributed by atoms with E-state index in [1.165, 1.54) is 11.8 Å². The Morgan fingerprint density at radius 2 is 1.61 bits per heavy atom. The molecule has 3 rings (SSSR count). The lowest BCUT2D eigenvalue weighted by atomic mass is 9.94. The SMILES string of the molecule is CC(C)(C)C(=O)N1CCN(c2ccc(NC(=S)NC(=O)CSc3ccc(Cl)cc3)cc2)CC1. The summed E-state index contributed by atoms with van der Waals surface area (Å²) in [6, 6.07) is 15.2. The molecule has 0 aromatic heterocycles. The van der Waals surface area contributed by atoms with Gasteiger partial charge >= 0.3 is 0 Å². The zero-order valence-electron chi connectivity index (χ0n) is 19.1. The maximum atomic E-state index is 12.5. The Morgan fingerprint density at radius 3 is 2.18 bits per heavy atom. The van der Waals surface area contributed by atoms with Gasteiger partial charge in [0, 0.05) is 52.9 Å². The number of anilines is 2. The monoisotopic (exact) mass is 504 g/mol. The Kier molecular flexibility index (Phi) is 8.62. The summed E-state index contributed by atoms with van der Waals surface area (Å²) in [6.07, 6.45) is 0. The van der Waals surface area contributed by atoms with Crippen molar-refractivity contribution in [2.24, 2.45) is 5.41 Å². The van der Waals surface area contributed by atoms with E-state index in [1.807, 2.05) is 62.1 Å². The second-order valence-corrected chi connectivity index (χ2v) is 10.7. The summed E-state index contributed by atoms with van der Waals surface area (Å²) in [5.41, 5.74) is 1.55. The van der Waals surface area contributed by atoms with Crippen LogP contribution in [0.15, 0.2) is 53.4 Å². The molecule has 0 bridgehead atoms. The van der Waals surface area contributed by atoms with Gasteiger partial charge in [0.05, 0.1) is 5.75 Å². The number of nitrogens with one attached hydrogen (secondary N) is 2. The highest BCUT2D eigenvalue weighted by Crippen LogP contribution is 2.23. The molecule has 0 unspecified atom stereocenters. The minimum absolute atomic E-state index is 0.174. The Balaban J connectivity index is 1.43. The predicted molar refractivity (Wildman–Crippen MR) is 141 cm³/mol. The molecule has 176 valence electrons. The van der Waals surface area contributed by atoms with E-state index in [4.69, 9.17) is 23.8 Å². The molecule has 1 fully saturated rings. The standard InChI is InChI=1S/C24H29ClN4O2S2/c1-24(2,3)22(31)29-14-12-28(13-15-29)19-8-6-18(7-9-19)26-23(32)27-21(30)16-33-20-10-4-17(25)5-11-20/h4-11H,12-16H2,1-3H3,(H2,26,27,30,32). The highest BCUT2D eigenvalue weighted by Gasteiger charge is 2.29. The van der Waals surface area contributed by atoms with Crippen LogP contribution >= 0.6 is 35.6 Å². The molecule has 2 aromatic rings. The highest BCUT2D eigenvalue weighted by atomic mass is 35.5. The molecule has 2 N–H and O–H groups in total. The van der Waals surface area contributed by atoms with E-state index >= 15 is 0 Å². The third-order valence-corrected chi connectivity index (χ3v) is 6.60. The number of hydrogen-bond acceptors (Lipinski definition) is 5. The van der Waals surface area contributed by atoms with Crippen LogP contribution < -0.4 is 15.5 Å². The van der Waals surface area contributed by atoms with Crippen LogP contribution in [-0.4, -0.2) is 53.8 Å². The van der Waals surface area contributed by atoms with E-state index in [-0.39, 0.29) is 28.1 Å². The fourth-order valence-corrected chi connectivity index (χ4v) is 4.46. The molecule has 0 radical (unpaired) electrons. The zero-order valence-corrected chi connectivity index (χ0v) is 21.4. The molecule has 2 amide bonds. The van der Waals surface area contributed by atoms with Gasteiger partial charge in [-0.1, -0.05) is 32.4 Å². The molecule has 1 heterocycles. The van der Waals surface area contributed by atoms with E-state index in [2.05, 4.69) is 15.5 Å². The van der Waals surface area contributed by atoms with Crippen molar-refractivity contribution in [2.75, 3.05) is 42.1 Å². The number of halogens is 1. The quantitative estimate of drug-likeness (QED) is 0.457. The van der Waals surface area contributed by atoms with Gasteiger partial charge in [0.2, 0.25) is 11.8 Å². The van der Waals surface area contributed by atoms with Gasteiger partial charge in [0.15, 0.2) is 5.11 Å². The van der Waals surface area contributed by atoms with Crippen molar-refractivity contribution >= 4 is 63.9 Å². The first kappa shape index (κ1) is 25.3. The molecular weight excluding hydrogens is 476 g/mol. The van der Waals surface area contributed by atoms with Crippen molar-refractivity contribution in [3.8, 4) is 0 Å². The molecule has 1 aliphatic heterocycles. The molecule has 0 aliphatic carbocycles. The van der Waals surface area contributed by atoms with Crippen molar-refractivity contribution in [3.63, 3.8) is 0 Å². The topological polar surface area (TPSA) is 64.7 Å². The van der Waals surface area contributed by atoms with E-state index in [1.54, 1.807) is 12.1 Å². The number of thioether (sulfide) groups is 1. The molecule has 1 aliphatic rings. The molecular formula is C24H29ClN4O2S2. The van der Waals surface area contributed by atoms with Crippen LogP contribution in [0.1, 0.15) is 20.8 Å². The molecule has 6 nitrogen and oxygen atoms in total. The Morgan fingerprint density at radius 1 is 1.00 bits per heavy atom. The van der Waals surface area contributed by atoms with E-state index in [9.17, 15) is 9.59 Å². The van der Waals surface area contributed by atoms with Gasteiger partial charge < -0.3 is 20.4 Å². The summed E-state index contributed by atoms with van der Waals surface area (Å²) in [5.74, 6) is 0.280. The van der Waals surface area contributed by atoms with Crippen LogP contribution in [0.25, 0.3) is 0 Å². The molecule has 9 heteroatoms. The average molecular weight is 505 g/mol. The van der Waals surface area contributed by atoms with Gasteiger partial charge in [0.1, 0.15) is 0 Å². The van der Waals surface area contributed by atoms with Gasteiger partial charge in [-0.05, 0) is 60.7 Å². The Labute approximate surface area is 210 Å². The maximum absolute atomic E-state index is 12.5. The minimum Gasteiger partial charge on any atom is -0.368 e. The number of thiocarbonyl (C=S) groups is 1. The summed E-state index contributed by atoms with van der Waals surface area (Å²) in [5, 5.41) is 6.68. The third kappa shape index (κ3) is 7.62. The fourth-order valence-electron chi connectivity index (χ4n) is 3.40. The summed E-state index contributed by atoms with van der Waals surface area (Å²) in [4.78, 5) is 29.8. The number of carbonyl (C=O) groups excluding carboxylic acids is 2. The average Bonchev–Trinajstić information content (AvgIpc) is 2.78.